The second kappa shape index (κ2) is 9.41. The van der Waals surface area contributed by atoms with Gasteiger partial charge in [-0.3, -0.25) is 9.79 Å². The summed E-state index contributed by atoms with van der Waals surface area (Å²) in [7, 11) is 3.24. The molecule has 1 N–H and O–H groups in total. The lowest BCUT2D eigenvalue weighted by Gasteiger charge is -2.33. The summed E-state index contributed by atoms with van der Waals surface area (Å²) in [6, 6.07) is 0. The van der Waals surface area contributed by atoms with Crippen LogP contribution in [0.2, 0.25) is 0 Å². The Bertz CT molecular complexity index is 534. The molecule has 0 atom stereocenters. The standard InChI is InChI=1S/C15H24N4O2S.HI/c1-10-11(2)22-13(18-10)9-17-15(16-3)19-7-5-12(6-8-19)14(20)21-4;/h12H,5-9H2,1-4H3,(H,16,17);1H. The van der Waals surface area contributed by atoms with Crippen LogP contribution in [0, 0.1) is 19.8 Å². The van der Waals surface area contributed by atoms with Crippen molar-refractivity contribution in [3.8, 4) is 0 Å². The predicted molar refractivity (Wildman–Crippen MR) is 104 cm³/mol. The minimum Gasteiger partial charge on any atom is -0.469 e. The van der Waals surface area contributed by atoms with Crippen molar-refractivity contribution in [2.45, 2.75) is 33.2 Å². The van der Waals surface area contributed by atoms with Crippen LogP contribution >= 0.6 is 35.3 Å². The van der Waals surface area contributed by atoms with Crippen molar-refractivity contribution in [2.24, 2.45) is 10.9 Å². The van der Waals surface area contributed by atoms with Gasteiger partial charge in [0.1, 0.15) is 5.01 Å². The number of hydrogen-bond donors (Lipinski definition) is 1. The third-order valence-electron chi connectivity index (χ3n) is 4.01. The molecular formula is C15H25IN4O2S. The third kappa shape index (κ3) is 5.30. The van der Waals surface area contributed by atoms with Gasteiger partial charge in [0.05, 0.1) is 25.3 Å². The molecule has 0 spiro atoms. The molecule has 0 unspecified atom stereocenters. The Morgan fingerprint density at radius 2 is 2.09 bits per heavy atom. The number of carbonyl (C=O) groups excluding carboxylic acids is 1. The van der Waals surface area contributed by atoms with E-state index in [1.54, 1.807) is 18.4 Å². The van der Waals surface area contributed by atoms with E-state index < -0.39 is 0 Å². The monoisotopic (exact) mass is 452 g/mol. The van der Waals surface area contributed by atoms with E-state index in [2.05, 4.69) is 27.1 Å². The van der Waals surface area contributed by atoms with Crippen molar-refractivity contribution in [3.05, 3.63) is 15.6 Å². The molecule has 0 saturated carbocycles. The number of rotatable bonds is 3. The van der Waals surface area contributed by atoms with Gasteiger partial charge in [0.15, 0.2) is 5.96 Å². The molecule has 1 aliphatic heterocycles. The number of ether oxygens (including phenoxy) is 1. The van der Waals surface area contributed by atoms with Crippen LogP contribution in [0.15, 0.2) is 4.99 Å². The summed E-state index contributed by atoms with van der Waals surface area (Å²) < 4.78 is 4.82. The highest BCUT2D eigenvalue weighted by Crippen LogP contribution is 2.19. The normalized spacial score (nSPS) is 16.0. The summed E-state index contributed by atoms with van der Waals surface area (Å²) in [6.07, 6.45) is 1.62. The molecule has 0 aliphatic carbocycles. The molecule has 1 aliphatic rings. The highest BCUT2D eigenvalue weighted by molar-refractivity contribution is 14.0. The van der Waals surface area contributed by atoms with E-state index in [1.807, 2.05) is 6.92 Å². The second-order valence-corrected chi connectivity index (χ2v) is 6.72. The van der Waals surface area contributed by atoms with Crippen molar-refractivity contribution >= 4 is 47.2 Å². The first kappa shape index (κ1) is 20.1. The topological polar surface area (TPSA) is 66.8 Å². The smallest absolute Gasteiger partial charge is 0.308 e. The molecule has 1 aromatic rings. The predicted octanol–water partition coefficient (Wildman–Crippen LogP) is 2.34. The highest BCUT2D eigenvalue weighted by Gasteiger charge is 2.26. The molecule has 2 rings (SSSR count). The second-order valence-electron chi connectivity index (χ2n) is 5.43. The van der Waals surface area contributed by atoms with E-state index in [0.29, 0.717) is 6.54 Å². The van der Waals surface area contributed by atoms with Crippen LogP contribution in [0.25, 0.3) is 0 Å². The average molecular weight is 452 g/mol. The zero-order chi connectivity index (χ0) is 16.1. The van der Waals surface area contributed by atoms with E-state index >= 15 is 0 Å². The molecule has 23 heavy (non-hydrogen) atoms. The van der Waals surface area contributed by atoms with Gasteiger partial charge in [0, 0.05) is 25.0 Å². The minimum atomic E-state index is -0.101. The number of hydrogen-bond acceptors (Lipinski definition) is 5. The van der Waals surface area contributed by atoms with Crippen LogP contribution in [0.3, 0.4) is 0 Å². The number of aryl methyl sites for hydroxylation is 2. The Morgan fingerprint density at radius 1 is 1.43 bits per heavy atom. The van der Waals surface area contributed by atoms with E-state index in [0.717, 1.165) is 42.6 Å². The molecule has 0 amide bonds. The lowest BCUT2D eigenvalue weighted by atomic mass is 9.97. The van der Waals surface area contributed by atoms with Gasteiger partial charge < -0.3 is 15.0 Å². The van der Waals surface area contributed by atoms with Crippen LogP contribution in [0.4, 0.5) is 0 Å². The van der Waals surface area contributed by atoms with Crippen molar-refractivity contribution in [3.63, 3.8) is 0 Å². The Morgan fingerprint density at radius 3 is 2.57 bits per heavy atom. The lowest BCUT2D eigenvalue weighted by Crippen LogP contribution is -2.46. The van der Waals surface area contributed by atoms with Crippen LogP contribution in [0.5, 0.6) is 0 Å². The summed E-state index contributed by atoms with van der Waals surface area (Å²) in [5, 5.41) is 4.43. The van der Waals surface area contributed by atoms with Gasteiger partial charge in [-0.05, 0) is 26.7 Å². The molecule has 6 nitrogen and oxygen atoms in total. The van der Waals surface area contributed by atoms with E-state index in [1.165, 1.54) is 12.0 Å². The first-order valence-corrected chi connectivity index (χ1v) is 8.33. The SMILES string of the molecule is CN=C(NCc1nc(C)c(C)s1)N1CCC(C(=O)OC)CC1.I. The number of esters is 1. The van der Waals surface area contributed by atoms with Crippen LogP contribution in [-0.4, -0.2) is 49.1 Å². The van der Waals surface area contributed by atoms with Gasteiger partial charge in [-0.2, -0.15) is 0 Å². The molecule has 1 fully saturated rings. The molecule has 0 bridgehead atoms. The van der Waals surface area contributed by atoms with E-state index in [-0.39, 0.29) is 35.9 Å². The van der Waals surface area contributed by atoms with Crippen LogP contribution < -0.4 is 5.32 Å². The Kier molecular flexibility index (Phi) is 8.24. The van der Waals surface area contributed by atoms with Gasteiger partial charge in [-0.1, -0.05) is 0 Å². The van der Waals surface area contributed by atoms with Gasteiger partial charge >= 0.3 is 5.97 Å². The fraction of sp³-hybridized carbons (Fsp3) is 0.667. The van der Waals surface area contributed by atoms with Gasteiger partial charge in [0.2, 0.25) is 0 Å². The molecule has 0 aromatic carbocycles. The number of nitrogens with zero attached hydrogens (tertiary/aromatic N) is 3. The van der Waals surface area contributed by atoms with Crippen molar-refractivity contribution in [2.75, 3.05) is 27.2 Å². The van der Waals surface area contributed by atoms with Gasteiger partial charge in [-0.25, -0.2) is 4.98 Å². The fourth-order valence-corrected chi connectivity index (χ4v) is 3.47. The van der Waals surface area contributed by atoms with Crippen molar-refractivity contribution < 1.29 is 9.53 Å². The zero-order valence-electron chi connectivity index (χ0n) is 14.1. The molecule has 1 aromatic heterocycles. The number of nitrogens with one attached hydrogen (secondary N) is 1. The number of aromatic nitrogens is 1. The summed E-state index contributed by atoms with van der Waals surface area (Å²) in [4.78, 5) is 23.9. The number of aliphatic imine (C=N–C) groups is 1. The fourth-order valence-electron chi connectivity index (χ4n) is 2.60. The number of piperidine rings is 1. The number of guanidine groups is 1. The highest BCUT2D eigenvalue weighted by atomic mass is 127. The Hall–Kier alpha value is -0.900. The molecular weight excluding hydrogens is 427 g/mol. The van der Waals surface area contributed by atoms with E-state index in [4.69, 9.17) is 4.74 Å². The molecule has 0 radical (unpaired) electrons. The third-order valence-corrected chi connectivity index (χ3v) is 5.08. The molecule has 130 valence electrons. The number of thiazole rings is 1. The van der Waals surface area contributed by atoms with Crippen molar-refractivity contribution in [1.82, 2.24) is 15.2 Å². The average Bonchev–Trinajstić information content (AvgIpc) is 2.86. The zero-order valence-corrected chi connectivity index (χ0v) is 17.2. The molecule has 8 heteroatoms. The van der Waals surface area contributed by atoms with Crippen LogP contribution in [-0.2, 0) is 16.1 Å². The van der Waals surface area contributed by atoms with Crippen molar-refractivity contribution in [1.29, 1.82) is 0 Å². The summed E-state index contributed by atoms with van der Waals surface area (Å²) in [6.45, 7) is 6.43. The molecule has 1 saturated heterocycles. The summed E-state index contributed by atoms with van der Waals surface area (Å²) in [5.74, 6) is 0.786. The first-order chi connectivity index (χ1) is 10.5. The van der Waals surface area contributed by atoms with Crippen LogP contribution in [0.1, 0.15) is 28.4 Å². The first-order valence-electron chi connectivity index (χ1n) is 7.51. The lowest BCUT2D eigenvalue weighted by molar-refractivity contribution is -0.146. The Balaban J connectivity index is 0.00000264. The van der Waals surface area contributed by atoms with E-state index in [9.17, 15) is 4.79 Å². The maximum Gasteiger partial charge on any atom is 0.308 e. The quantitative estimate of drug-likeness (QED) is 0.330. The van der Waals surface area contributed by atoms with Gasteiger partial charge in [0.25, 0.3) is 0 Å². The maximum atomic E-state index is 11.6. The minimum absolute atomic E-state index is 0. The Labute approximate surface area is 158 Å². The maximum absolute atomic E-state index is 11.6. The van der Waals surface area contributed by atoms with Gasteiger partial charge in [-0.15, -0.1) is 35.3 Å². The molecule has 2 heterocycles. The number of carbonyl (C=O) groups is 1. The largest absolute Gasteiger partial charge is 0.469 e. The number of methoxy groups -OCH3 is 1. The number of halogens is 1. The summed E-state index contributed by atoms with van der Waals surface area (Å²) >= 11 is 1.71. The summed E-state index contributed by atoms with van der Waals surface area (Å²) in [5.41, 5.74) is 1.09. The number of likely N-dealkylation sites (tertiary alicyclic amines) is 1.